The summed E-state index contributed by atoms with van der Waals surface area (Å²) in [6, 6.07) is 3.65. The van der Waals surface area contributed by atoms with Crippen LogP contribution in [0.25, 0.3) is 11.1 Å². The van der Waals surface area contributed by atoms with Crippen LogP contribution in [0.4, 0.5) is 0 Å². The number of hydrogen-bond acceptors (Lipinski definition) is 4. The number of aromatic amines is 1. The lowest BCUT2D eigenvalue weighted by Gasteiger charge is -2.21. The highest BCUT2D eigenvalue weighted by molar-refractivity contribution is 8.21. The molecule has 100 valence electrons. The number of fused-ring (bicyclic) bond motifs is 1. The van der Waals surface area contributed by atoms with E-state index in [1.54, 1.807) is 12.3 Å². The highest BCUT2D eigenvalue weighted by Gasteiger charge is 2.43. The van der Waals surface area contributed by atoms with E-state index in [1.807, 2.05) is 34.5 Å². The van der Waals surface area contributed by atoms with Crippen LogP contribution in [-0.2, 0) is 0 Å². The normalized spacial score (nSPS) is 21.8. The van der Waals surface area contributed by atoms with E-state index in [-0.39, 0.29) is 9.99 Å². The zero-order valence-electron chi connectivity index (χ0n) is 10.3. The molecule has 2 aromatic rings. The SMILES string of the molecule is O=C(c1cc2occc2[nH]1)N1CCC2(C1)SCCS2. The molecule has 1 spiro atoms. The first-order valence-corrected chi connectivity index (χ1v) is 8.36. The Morgan fingerprint density at radius 1 is 1.42 bits per heavy atom. The van der Waals surface area contributed by atoms with Crippen LogP contribution < -0.4 is 0 Å². The van der Waals surface area contributed by atoms with Gasteiger partial charge in [0.2, 0.25) is 0 Å². The van der Waals surface area contributed by atoms with Gasteiger partial charge in [0.25, 0.3) is 5.91 Å². The summed E-state index contributed by atoms with van der Waals surface area (Å²) in [5.41, 5.74) is 2.28. The Kier molecular flexibility index (Phi) is 2.63. The molecule has 2 aliphatic rings. The smallest absolute Gasteiger partial charge is 0.270 e. The van der Waals surface area contributed by atoms with Gasteiger partial charge in [0.15, 0.2) is 5.58 Å². The fourth-order valence-electron chi connectivity index (χ4n) is 2.79. The topological polar surface area (TPSA) is 49.2 Å². The molecule has 0 aliphatic carbocycles. The molecular formula is C13H14N2O2S2. The summed E-state index contributed by atoms with van der Waals surface area (Å²) in [4.78, 5) is 17.6. The Morgan fingerprint density at radius 3 is 3.05 bits per heavy atom. The standard InChI is InChI=1S/C13H14N2O2S2/c16-12(10-7-11-9(14-10)1-4-17-11)15-3-2-13(8-15)18-5-6-19-13/h1,4,7,14H,2-3,5-6,8H2. The van der Waals surface area contributed by atoms with Crippen molar-refractivity contribution in [2.24, 2.45) is 0 Å². The number of rotatable bonds is 1. The Labute approximate surface area is 119 Å². The molecule has 2 saturated heterocycles. The minimum absolute atomic E-state index is 0.0939. The first-order valence-electron chi connectivity index (χ1n) is 6.39. The van der Waals surface area contributed by atoms with Crippen LogP contribution in [0.2, 0.25) is 0 Å². The molecule has 2 aromatic heterocycles. The van der Waals surface area contributed by atoms with Gasteiger partial charge in [-0.2, -0.15) is 0 Å². The Balaban J connectivity index is 1.56. The highest BCUT2D eigenvalue weighted by Crippen LogP contribution is 2.49. The van der Waals surface area contributed by atoms with Crippen molar-refractivity contribution in [1.82, 2.24) is 9.88 Å². The van der Waals surface area contributed by atoms with Gasteiger partial charge in [-0.05, 0) is 6.42 Å². The van der Waals surface area contributed by atoms with Gasteiger partial charge in [-0.3, -0.25) is 4.79 Å². The molecule has 0 unspecified atom stereocenters. The molecule has 0 saturated carbocycles. The number of aromatic nitrogens is 1. The number of likely N-dealkylation sites (tertiary alicyclic amines) is 1. The van der Waals surface area contributed by atoms with Gasteiger partial charge in [-0.25, -0.2) is 0 Å². The van der Waals surface area contributed by atoms with Crippen molar-refractivity contribution in [1.29, 1.82) is 0 Å². The lowest BCUT2D eigenvalue weighted by molar-refractivity contribution is 0.0787. The summed E-state index contributed by atoms with van der Waals surface area (Å²) in [5.74, 6) is 2.51. The van der Waals surface area contributed by atoms with Crippen molar-refractivity contribution in [3.63, 3.8) is 0 Å². The first-order chi connectivity index (χ1) is 9.26. The van der Waals surface area contributed by atoms with E-state index in [0.29, 0.717) is 5.69 Å². The van der Waals surface area contributed by atoms with Crippen molar-refractivity contribution in [3.05, 3.63) is 24.1 Å². The number of carbonyl (C=O) groups is 1. The van der Waals surface area contributed by atoms with E-state index in [2.05, 4.69) is 4.98 Å². The molecule has 4 nitrogen and oxygen atoms in total. The number of nitrogens with zero attached hydrogens (tertiary/aromatic N) is 1. The van der Waals surface area contributed by atoms with Gasteiger partial charge < -0.3 is 14.3 Å². The van der Waals surface area contributed by atoms with Crippen LogP contribution in [-0.4, -0.2) is 44.5 Å². The van der Waals surface area contributed by atoms with Crippen molar-refractivity contribution < 1.29 is 9.21 Å². The lowest BCUT2D eigenvalue weighted by Crippen LogP contribution is -2.31. The largest absolute Gasteiger partial charge is 0.463 e. The first kappa shape index (κ1) is 11.8. The number of nitrogens with one attached hydrogen (secondary N) is 1. The molecule has 6 heteroatoms. The van der Waals surface area contributed by atoms with Gasteiger partial charge in [0, 0.05) is 36.7 Å². The molecule has 1 amide bonds. The molecule has 0 radical (unpaired) electrons. The van der Waals surface area contributed by atoms with Gasteiger partial charge in [-0.1, -0.05) is 0 Å². The average Bonchev–Trinajstić information content (AvgIpc) is 3.13. The second-order valence-electron chi connectivity index (χ2n) is 4.97. The summed E-state index contributed by atoms with van der Waals surface area (Å²) in [6.45, 7) is 1.72. The van der Waals surface area contributed by atoms with Crippen LogP contribution in [0, 0.1) is 0 Å². The van der Waals surface area contributed by atoms with E-state index in [4.69, 9.17) is 4.42 Å². The van der Waals surface area contributed by atoms with Crippen molar-refractivity contribution in [2.45, 2.75) is 10.5 Å². The highest BCUT2D eigenvalue weighted by atomic mass is 32.2. The maximum Gasteiger partial charge on any atom is 0.270 e. The fourth-order valence-corrected chi connectivity index (χ4v) is 6.00. The van der Waals surface area contributed by atoms with E-state index in [9.17, 15) is 4.79 Å². The molecule has 2 aliphatic heterocycles. The zero-order chi connectivity index (χ0) is 12.9. The summed E-state index contributed by atoms with van der Waals surface area (Å²) in [6.07, 6.45) is 2.73. The van der Waals surface area contributed by atoms with Gasteiger partial charge >= 0.3 is 0 Å². The van der Waals surface area contributed by atoms with Crippen LogP contribution >= 0.6 is 23.5 Å². The number of furan rings is 1. The zero-order valence-corrected chi connectivity index (χ0v) is 12.0. The van der Waals surface area contributed by atoms with Gasteiger partial charge in [0.1, 0.15) is 5.69 Å². The second-order valence-corrected chi connectivity index (χ2v) is 8.18. The third-order valence-electron chi connectivity index (χ3n) is 3.77. The monoisotopic (exact) mass is 294 g/mol. The van der Waals surface area contributed by atoms with Crippen LogP contribution in [0.1, 0.15) is 16.9 Å². The van der Waals surface area contributed by atoms with Crippen molar-refractivity contribution >= 4 is 40.5 Å². The lowest BCUT2D eigenvalue weighted by atomic mass is 10.3. The number of thioether (sulfide) groups is 2. The average molecular weight is 294 g/mol. The van der Waals surface area contributed by atoms with Gasteiger partial charge in [0.05, 0.1) is 15.9 Å². The minimum atomic E-state index is 0.0939. The molecule has 4 rings (SSSR count). The summed E-state index contributed by atoms with van der Waals surface area (Å²) in [5, 5.41) is 0. The molecule has 0 bridgehead atoms. The van der Waals surface area contributed by atoms with E-state index in [0.717, 1.165) is 30.6 Å². The van der Waals surface area contributed by atoms with Crippen LogP contribution in [0.3, 0.4) is 0 Å². The number of amides is 1. The fraction of sp³-hybridized carbons (Fsp3) is 0.462. The summed E-state index contributed by atoms with van der Waals surface area (Å²) >= 11 is 4.03. The molecule has 2 fully saturated rings. The quantitative estimate of drug-likeness (QED) is 0.878. The number of H-pyrrole nitrogens is 1. The molecule has 4 heterocycles. The predicted octanol–water partition coefficient (Wildman–Crippen LogP) is 2.78. The summed E-state index contributed by atoms with van der Waals surface area (Å²) < 4.78 is 5.56. The summed E-state index contributed by atoms with van der Waals surface area (Å²) in [7, 11) is 0. The minimum Gasteiger partial charge on any atom is -0.463 e. The van der Waals surface area contributed by atoms with Crippen molar-refractivity contribution in [3.8, 4) is 0 Å². The third-order valence-corrected chi connectivity index (χ3v) is 7.27. The van der Waals surface area contributed by atoms with Gasteiger partial charge in [-0.15, -0.1) is 23.5 Å². The number of hydrogen-bond donors (Lipinski definition) is 1. The van der Waals surface area contributed by atoms with Crippen molar-refractivity contribution in [2.75, 3.05) is 24.6 Å². The molecule has 0 atom stereocenters. The second kappa shape index (κ2) is 4.24. The molecule has 1 N–H and O–H groups in total. The van der Waals surface area contributed by atoms with E-state index >= 15 is 0 Å². The van der Waals surface area contributed by atoms with Crippen LogP contribution in [0.15, 0.2) is 22.8 Å². The Hall–Kier alpha value is -1.01. The maximum absolute atomic E-state index is 12.5. The molecule has 0 aromatic carbocycles. The van der Waals surface area contributed by atoms with E-state index in [1.165, 1.54) is 11.5 Å². The van der Waals surface area contributed by atoms with Crippen LogP contribution in [0.5, 0.6) is 0 Å². The maximum atomic E-state index is 12.5. The molecular weight excluding hydrogens is 280 g/mol. The third kappa shape index (κ3) is 1.89. The molecule has 19 heavy (non-hydrogen) atoms. The number of carbonyl (C=O) groups excluding carboxylic acids is 1. The Morgan fingerprint density at radius 2 is 2.26 bits per heavy atom. The predicted molar refractivity (Wildman–Crippen MR) is 78.7 cm³/mol. The Bertz CT molecular complexity index is 599. The van der Waals surface area contributed by atoms with E-state index < -0.39 is 0 Å².